The summed E-state index contributed by atoms with van der Waals surface area (Å²) in [5.74, 6) is -0.897. The van der Waals surface area contributed by atoms with Crippen LogP contribution >= 0.6 is 15.9 Å². The van der Waals surface area contributed by atoms with Gasteiger partial charge in [-0.1, -0.05) is 76.6 Å². The Morgan fingerprint density at radius 2 is 1.56 bits per heavy atom. The molecule has 0 aromatic heterocycles. The third kappa shape index (κ3) is 5.05. The second-order valence-corrected chi connectivity index (χ2v) is 7.12. The molecule has 3 aromatic carbocycles. The summed E-state index contributed by atoms with van der Waals surface area (Å²) < 4.78 is 0.794. The molecule has 2 amide bonds. The predicted molar refractivity (Wildman–Crippen MR) is 110 cm³/mol. The van der Waals surface area contributed by atoms with Gasteiger partial charge in [-0.15, -0.1) is 0 Å². The van der Waals surface area contributed by atoms with E-state index < -0.39 is 11.9 Å². The average Bonchev–Trinajstić information content (AvgIpc) is 2.68. The molecule has 3 rings (SSSR count). The van der Waals surface area contributed by atoms with Crippen LogP contribution in [0.2, 0.25) is 0 Å². The Labute approximate surface area is 166 Å². The maximum Gasteiger partial charge on any atom is 0.251 e. The molecule has 4 nitrogen and oxygen atoms in total. The van der Waals surface area contributed by atoms with Gasteiger partial charge in [-0.05, 0) is 34.9 Å². The minimum atomic E-state index is -0.779. The fourth-order valence-corrected chi connectivity index (χ4v) is 3.19. The summed E-state index contributed by atoms with van der Waals surface area (Å²) in [5.41, 5.74) is 9.11. The average molecular weight is 423 g/mol. The number of primary amides is 1. The summed E-state index contributed by atoms with van der Waals surface area (Å²) >= 11 is 3.33. The highest BCUT2D eigenvalue weighted by Gasteiger charge is 2.19. The molecule has 136 valence electrons. The van der Waals surface area contributed by atoms with Gasteiger partial charge in [0.05, 0.1) is 0 Å². The number of hydrogen-bond donors (Lipinski definition) is 2. The molecule has 0 saturated heterocycles. The van der Waals surface area contributed by atoms with Crippen molar-refractivity contribution in [1.82, 2.24) is 5.32 Å². The van der Waals surface area contributed by atoms with Crippen molar-refractivity contribution >= 4 is 27.7 Å². The van der Waals surface area contributed by atoms with Crippen LogP contribution in [0.15, 0.2) is 83.3 Å². The van der Waals surface area contributed by atoms with Crippen molar-refractivity contribution in [2.45, 2.75) is 12.5 Å². The van der Waals surface area contributed by atoms with Crippen LogP contribution in [0.1, 0.15) is 15.9 Å². The number of halogens is 1. The van der Waals surface area contributed by atoms with Crippen LogP contribution in [0.4, 0.5) is 0 Å². The van der Waals surface area contributed by atoms with Gasteiger partial charge in [-0.2, -0.15) is 0 Å². The summed E-state index contributed by atoms with van der Waals surface area (Å²) in [6.07, 6.45) is 0.337. The maximum absolute atomic E-state index is 12.4. The van der Waals surface area contributed by atoms with E-state index in [-0.39, 0.29) is 5.91 Å². The second-order valence-electron chi connectivity index (χ2n) is 6.21. The van der Waals surface area contributed by atoms with Crippen LogP contribution in [0.3, 0.4) is 0 Å². The molecule has 27 heavy (non-hydrogen) atoms. The van der Waals surface area contributed by atoms with Gasteiger partial charge in [-0.3, -0.25) is 9.59 Å². The van der Waals surface area contributed by atoms with E-state index in [2.05, 4.69) is 21.2 Å². The number of benzene rings is 3. The molecule has 3 aromatic rings. The zero-order valence-electron chi connectivity index (χ0n) is 14.6. The topological polar surface area (TPSA) is 72.2 Å². The van der Waals surface area contributed by atoms with Crippen molar-refractivity contribution in [2.24, 2.45) is 5.73 Å². The molecule has 0 spiro atoms. The summed E-state index contributed by atoms with van der Waals surface area (Å²) in [6, 6.07) is 24.1. The predicted octanol–water partition coefficient (Wildman–Crippen LogP) is 3.94. The normalized spacial score (nSPS) is 11.6. The van der Waals surface area contributed by atoms with Gasteiger partial charge in [0.2, 0.25) is 5.91 Å². The van der Waals surface area contributed by atoms with Crippen molar-refractivity contribution in [1.29, 1.82) is 0 Å². The molecule has 3 N–H and O–H groups in total. The molecule has 0 heterocycles. The van der Waals surface area contributed by atoms with Crippen molar-refractivity contribution in [3.8, 4) is 11.1 Å². The van der Waals surface area contributed by atoms with Crippen LogP contribution in [0.5, 0.6) is 0 Å². The lowest BCUT2D eigenvalue weighted by atomic mass is 10.00. The van der Waals surface area contributed by atoms with Crippen LogP contribution < -0.4 is 11.1 Å². The molecule has 0 aliphatic rings. The van der Waals surface area contributed by atoms with Crippen LogP contribution in [-0.2, 0) is 11.2 Å². The summed E-state index contributed by atoms with van der Waals surface area (Å²) in [4.78, 5) is 24.2. The Morgan fingerprint density at radius 1 is 0.889 bits per heavy atom. The highest BCUT2D eigenvalue weighted by Crippen LogP contribution is 2.20. The number of rotatable bonds is 6. The molecule has 1 atom stereocenters. The fourth-order valence-electron chi connectivity index (χ4n) is 2.79. The van der Waals surface area contributed by atoms with Gasteiger partial charge in [0.15, 0.2) is 0 Å². The van der Waals surface area contributed by atoms with Crippen LogP contribution in [-0.4, -0.2) is 17.9 Å². The van der Waals surface area contributed by atoms with Crippen molar-refractivity contribution in [3.63, 3.8) is 0 Å². The Bertz CT molecular complexity index is 940. The van der Waals surface area contributed by atoms with Crippen molar-refractivity contribution < 1.29 is 9.59 Å². The Hall–Kier alpha value is -2.92. The first kappa shape index (κ1) is 18.9. The molecule has 0 unspecified atom stereocenters. The third-order valence-corrected chi connectivity index (χ3v) is 4.73. The van der Waals surface area contributed by atoms with E-state index in [1.54, 1.807) is 18.2 Å². The zero-order valence-corrected chi connectivity index (χ0v) is 16.1. The van der Waals surface area contributed by atoms with Crippen molar-refractivity contribution in [2.75, 3.05) is 0 Å². The van der Waals surface area contributed by atoms with E-state index in [0.717, 1.165) is 21.2 Å². The van der Waals surface area contributed by atoms with Crippen molar-refractivity contribution in [3.05, 3.63) is 94.5 Å². The van der Waals surface area contributed by atoms with Crippen LogP contribution in [0.25, 0.3) is 11.1 Å². The summed E-state index contributed by atoms with van der Waals surface area (Å²) in [6.45, 7) is 0. The third-order valence-electron chi connectivity index (χ3n) is 4.24. The van der Waals surface area contributed by atoms with Gasteiger partial charge < -0.3 is 11.1 Å². The lowest BCUT2D eigenvalue weighted by molar-refractivity contribution is -0.119. The van der Waals surface area contributed by atoms with Gasteiger partial charge >= 0.3 is 0 Å². The molecule has 0 aliphatic carbocycles. The second kappa shape index (κ2) is 8.64. The summed E-state index contributed by atoms with van der Waals surface area (Å²) in [5, 5.41) is 2.72. The minimum absolute atomic E-state index is 0.332. The summed E-state index contributed by atoms with van der Waals surface area (Å²) in [7, 11) is 0. The molecular formula is C22H19BrN2O2. The number of nitrogens with one attached hydrogen (secondary N) is 1. The lowest BCUT2D eigenvalue weighted by Gasteiger charge is -2.16. The Kier molecular flexibility index (Phi) is 6.04. The monoisotopic (exact) mass is 422 g/mol. The first-order valence-electron chi connectivity index (χ1n) is 8.53. The minimum Gasteiger partial charge on any atom is -0.368 e. The zero-order chi connectivity index (χ0) is 19.2. The number of carbonyl (C=O) groups is 2. The fraction of sp³-hybridized carbons (Fsp3) is 0.0909. The number of nitrogens with two attached hydrogens (primary N) is 1. The lowest BCUT2D eigenvalue weighted by Crippen LogP contribution is -2.45. The van der Waals surface area contributed by atoms with E-state index in [9.17, 15) is 9.59 Å². The largest absolute Gasteiger partial charge is 0.368 e. The number of carbonyl (C=O) groups excluding carboxylic acids is 2. The Morgan fingerprint density at radius 3 is 2.19 bits per heavy atom. The standard InChI is InChI=1S/C22H19BrN2O2/c23-19-8-4-7-18(14-19)22(27)25-20(21(24)26)13-15-9-11-17(12-10-15)16-5-2-1-3-6-16/h1-12,14,20H,13H2,(H2,24,26)(H,25,27)/t20-/m0/s1. The van der Waals surface area contributed by atoms with Gasteiger partial charge in [0.25, 0.3) is 5.91 Å². The first-order chi connectivity index (χ1) is 13.0. The Balaban J connectivity index is 1.71. The maximum atomic E-state index is 12.4. The molecule has 0 bridgehead atoms. The molecule has 0 saturated carbocycles. The highest BCUT2D eigenvalue weighted by atomic mass is 79.9. The molecule has 0 radical (unpaired) electrons. The SMILES string of the molecule is NC(=O)[C@H](Cc1ccc(-c2ccccc2)cc1)NC(=O)c1cccc(Br)c1. The molecule has 5 heteroatoms. The van der Waals surface area contributed by atoms with Crippen LogP contribution in [0, 0.1) is 0 Å². The van der Waals surface area contributed by atoms with E-state index >= 15 is 0 Å². The first-order valence-corrected chi connectivity index (χ1v) is 9.32. The molecule has 0 fully saturated rings. The van der Waals surface area contributed by atoms with Gasteiger partial charge in [0, 0.05) is 16.5 Å². The smallest absolute Gasteiger partial charge is 0.251 e. The van der Waals surface area contributed by atoms with Gasteiger partial charge in [-0.25, -0.2) is 0 Å². The number of amides is 2. The molecule has 0 aliphatic heterocycles. The quantitative estimate of drug-likeness (QED) is 0.631. The van der Waals surface area contributed by atoms with E-state index in [1.807, 2.05) is 60.7 Å². The van der Waals surface area contributed by atoms with E-state index in [0.29, 0.717) is 12.0 Å². The van der Waals surface area contributed by atoms with Gasteiger partial charge in [0.1, 0.15) is 6.04 Å². The highest BCUT2D eigenvalue weighted by molar-refractivity contribution is 9.10. The number of hydrogen-bond acceptors (Lipinski definition) is 2. The van der Waals surface area contributed by atoms with E-state index in [1.165, 1.54) is 0 Å². The molecular weight excluding hydrogens is 404 g/mol. The van der Waals surface area contributed by atoms with E-state index in [4.69, 9.17) is 5.73 Å².